The quantitative estimate of drug-likeness (QED) is 0.594. The van der Waals surface area contributed by atoms with Crippen LogP contribution in [0.2, 0.25) is 0 Å². The number of aliphatic imine (C=N–C) groups is 1. The van der Waals surface area contributed by atoms with Crippen LogP contribution >= 0.6 is 0 Å². The molecule has 3 fully saturated rings. The Hall–Kier alpha value is -1.30. The van der Waals surface area contributed by atoms with Crippen LogP contribution in [0.15, 0.2) is 4.99 Å². The Morgan fingerprint density at radius 2 is 1.76 bits per heavy atom. The Balaban J connectivity index is 1.48. The Morgan fingerprint density at radius 3 is 2.32 bits per heavy atom. The summed E-state index contributed by atoms with van der Waals surface area (Å²) in [6.07, 6.45) is 8.40. The summed E-state index contributed by atoms with van der Waals surface area (Å²) in [7, 11) is 1.88. The maximum absolute atomic E-state index is 11.7. The lowest BCUT2D eigenvalue weighted by Crippen LogP contribution is -2.61. The summed E-state index contributed by atoms with van der Waals surface area (Å²) in [5.41, 5.74) is 4.97. The van der Waals surface area contributed by atoms with Crippen molar-refractivity contribution in [3.8, 4) is 0 Å². The molecule has 25 heavy (non-hydrogen) atoms. The molecule has 6 nitrogen and oxygen atoms in total. The highest BCUT2D eigenvalue weighted by atomic mass is 16.1. The number of hydrogen-bond acceptors (Lipinski definition) is 3. The molecule has 0 aromatic rings. The molecular weight excluding hydrogens is 314 g/mol. The Labute approximate surface area is 152 Å². The van der Waals surface area contributed by atoms with Crippen LogP contribution in [0.4, 0.5) is 0 Å². The molecule has 2 aliphatic carbocycles. The summed E-state index contributed by atoms with van der Waals surface area (Å²) in [5, 5.41) is 3.70. The maximum atomic E-state index is 11.7. The first kappa shape index (κ1) is 18.5. The second kappa shape index (κ2) is 7.52. The molecule has 142 valence electrons. The smallest absolute Gasteiger partial charge is 0.237 e. The molecule has 0 spiro atoms. The van der Waals surface area contributed by atoms with E-state index in [1.54, 1.807) is 0 Å². The van der Waals surface area contributed by atoms with E-state index in [0.717, 1.165) is 44.0 Å². The van der Waals surface area contributed by atoms with E-state index in [4.69, 9.17) is 5.73 Å². The van der Waals surface area contributed by atoms with Gasteiger partial charge in [0.05, 0.1) is 5.54 Å². The fourth-order valence-electron chi connectivity index (χ4n) is 4.56. The van der Waals surface area contributed by atoms with Crippen molar-refractivity contribution >= 4 is 11.9 Å². The van der Waals surface area contributed by atoms with E-state index in [9.17, 15) is 4.79 Å². The van der Waals surface area contributed by atoms with E-state index in [-0.39, 0.29) is 5.91 Å². The van der Waals surface area contributed by atoms with Gasteiger partial charge >= 0.3 is 0 Å². The third-order valence-electron chi connectivity index (χ3n) is 6.59. The highest BCUT2D eigenvalue weighted by Gasteiger charge is 2.44. The van der Waals surface area contributed by atoms with Gasteiger partial charge in [0, 0.05) is 39.3 Å². The van der Waals surface area contributed by atoms with Gasteiger partial charge in [0.1, 0.15) is 0 Å². The molecule has 2 unspecified atom stereocenters. The van der Waals surface area contributed by atoms with Crippen LogP contribution in [0, 0.1) is 11.8 Å². The van der Waals surface area contributed by atoms with Crippen molar-refractivity contribution in [3.63, 3.8) is 0 Å². The molecular formula is C19H35N5O. The van der Waals surface area contributed by atoms with Crippen molar-refractivity contribution in [1.29, 1.82) is 0 Å². The third kappa shape index (κ3) is 4.10. The minimum atomic E-state index is -0.578. The molecule has 0 aromatic heterocycles. The lowest BCUT2D eigenvalue weighted by Gasteiger charge is -2.43. The molecule has 0 aromatic carbocycles. The summed E-state index contributed by atoms with van der Waals surface area (Å²) in [6.45, 7) is 7.28. The first-order valence-corrected chi connectivity index (χ1v) is 9.96. The van der Waals surface area contributed by atoms with Gasteiger partial charge in [-0.2, -0.15) is 0 Å². The van der Waals surface area contributed by atoms with Crippen LogP contribution in [0.3, 0.4) is 0 Å². The number of nitrogens with one attached hydrogen (secondary N) is 1. The van der Waals surface area contributed by atoms with Crippen LogP contribution in [-0.2, 0) is 4.79 Å². The van der Waals surface area contributed by atoms with E-state index < -0.39 is 5.54 Å². The van der Waals surface area contributed by atoms with Gasteiger partial charge in [0.15, 0.2) is 5.96 Å². The fourth-order valence-corrected chi connectivity index (χ4v) is 4.56. The van der Waals surface area contributed by atoms with Crippen LogP contribution in [0.1, 0.15) is 52.4 Å². The Morgan fingerprint density at radius 1 is 1.12 bits per heavy atom. The summed E-state index contributed by atoms with van der Waals surface area (Å²) >= 11 is 0. The van der Waals surface area contributed by atoms with Gasteiger partial charge in [-0.25, -0.2) is 0 Å². The summed E-state index contributed by atoms with van der Waals surface area (Å²) in [6, 6.07) is 0.613. The van der Waals surface area contributed by atoms with E-state index in [1.807, 2.05) is 20.9 Å². The highest BCUT2D eigenvalue weighted by Crippen LogP contribution is 2.44. The van der Waals surface area contributed by atoms with Gasteiger partial charge in [0.2, 0.25) is 5.91 Å². The second-order valence-corrected chi connectivity index (χ2v) is 8.49. The first-order valence-electron chi connectivity index (χ1n) is 9.96. The van der Waals surface area contributed by atoms with Crippen LogP contribution in [0.25, 0.3) is 0 Å². The molecule has 3 aliphatic rings. The zero-order valence-corrected chi connectivity index (χ0v) is 16.1. The second-order valence-electron chi connectivity index (χ2n) is 8.49. The molecule has 6 heteroatoms. The van der Waals surface area contributed by atoms with Gasteiger partial charge in [-0.05, 0) is 32.1 Å². The van der Waals surface area contributed by atoms with E-state index in [2.05, 4.69) is 20.1 Å². The number of nitrogens with two attached hydrogens (primary N) is 1. The Bertz CT molecular complexity index is 504. The molecule has 0 radical (unpaired) electrons. The zero-order chi connectivity index (χ0) is 18.0. The number of piperazine rings is 1. The SMILES string of the molecule is CN=C(NC1CC1C1CCCCC1)N1CCN(C(C)(C)C(N)=O)CC1. The van der Waals surface area contributed by atoms with Gasteiger partial charge in [-0.1, -0.05) is 32.1 Å². The average Bonchev–Trinajstić information content (AvgIpc) is 3.40. The number of carbonyl (C=O) groups is 1. The van der Waals surface area contributed by atoms with Crippen LogP contribution in [-0.4, -0.2) is 66.5 Å². The monoisotopic (exact) mass is 349 g/mol. The molecule has 2 atom stereocenters. The molecule has 3 N–H and O–H groups in total. The van der Waals surface area contributed by atoms with Gasteiger partial charge in [-0.15, -0.1) is 0 Å². The highest BCUT2D eigenvalue weighted by molar-refractivity contribution is 5.84. The lowest BCUT2D eigenvalue weighted by atomic mass is 9.85. The average molecular weight is 350 g/mol. The lowest BCUT2D eigenvalue weighted by molar-refractivity contribution is -0.129. The summed E-state index contributed by atoms with van der Waals surface area (Å²) < 4.78 is 0. The van der Waals surface area contributed by atoms with Crippen LogP contribution in [0.5, 0.6) is 0 Å². The van der Waals surface area contributed by atoms with Crippen molar-refractivity contribution in [2.75, 3.05) is 33.2 Å². The van der Waals surface area contributed by atoms with E-state index in [1.165, 1.54) is 38.5 Å². The minimum Gasteiger partial charge on any atom is -0.368 e. The van der Waals surface area contributed by atoms with Gasteiger partial charge in [-0.3, -0.25) is 14.7 Å². The summed E-state index contributed by atoms with van der Waals surface area (Å²) in [4.78, 5) is 20.7. The summed E-state index contributed by atoms with van der Waals surface area (Å²) in [5.74, 6) is 2.56. The number of nitrogens with zero attached hydrogens (tertiary/aromatic N) is 3. The van der Waals surface area contributed by atoms with E-state index >= 15 is 0 Å². The predicted octanol–water partition coefficient (Wildman–Crippen LogP) is 1.41. The number of primary amides is 1. The molecule has 1 aliphatic heterocycles. The number of rotatable bonds is 4. The number of amides is 1. The Kier molecular flexibility index (Phi) is 5.56. The predicted molar refractivity (Wildman–Crippen MR) is 101 cm³/mol. The molecule has 1 saturated heterocycles. The largest absolute Gasteiger partial charge is 0.368 e. The van der Waals surface area contributed by atoms with Crippen molar-refractivity contribution in [2.45, 2.75) is 64.0 Å². The minimum absolute atomic E-state index is 0.253. The number of guanidine groups is 1. The molecule has 1 amide bonds. The molecule has 0 bridgehead atoms. The van der Waals surface area contributed by atoms with Crippen molar-refractivity contribution in [2.24, 2.45) is 22.6 Å². The normalized spacial score (nSPS) is 29.6. The van der Waals surface area contributed by atoms with Crippen LogP contribution < -0.4 is 11.1 Å². The number of carbonyl (C=O) groups excluding carboxylic acids is 1. The van der Waals surface area contributed by atoms with Crippen molar-refractivity contribution < 1.29 is 4.79 Å². The van der Waals surface area contributed by atoms with Gasteiger partial charge < -0.3 is 16.0 Å². The standard InChI is InChI=1S/C19H35N5O/c1-19(2,17(20)25)24-11-9-23(10-12-24)18(21-3)22-16-13-15(16)14-7-5-4-6-8-14/h14-16H,4-13H2,1-3H3,(H2,20,25)(H,21,22). The molecule has 2 saturated carbocycles. The first-order chi connectivity index (χ1) is 11.9. The number of hydrogen-bond donors (Lipinski definition) is 2. The molecule has 3 rings (SSSR count). The fraction of sp³-hybridized carbons (Fsp3) is 0.895. The van der Waals surface area contributed by atoms with Crippen molar-refractivity contribution in [3.05, 3.63) is 0 Å². The third-order valence-corrected chi connectivity index (χ3v) is 6.59. The zero-order valence-electron chi connectivity index (χ0n) is 16.1. The van der Waals surface area contributed by atoms with Gasteiger partial charge in [0.25, 0.3) is 0 Å². The maximum Gasteiger partial charge on any atom is 0.237 e. The molecule has 1 heterocycles. The topological polar surface area (TPSA) is 74.0 Å². The van der Waals surface area contributed by atoms with E-state index in [0.29, 0.717) is 6.04 Å². The van der Waals surface area contributed by atoms with Crippen molar-refractivity contribution in [1.82, 2.24) is 15.1 Å².